The summed E-state index contributed by atoms with van der Waals surface area (Å²) >= 11 is 0. The highest BCUT2D eigenvalue weighted by molar-refractivity contribution is 5.76. The van der Waals surface area contributed by atoms with Gasteiger partial charge in [0.25, 0.3) is 0 Å². The summed E-state index contributed by atoms with van der Waals surface area (Å²) in [4.78, 5) is 11.5. The smallest absolute Gasteiger partial charge is 0.222 e. The maximum Gasteiger partial charge on any atom is 0.222 e. The van der Waals surface area contributed by atoms with Gasteiger partial charge in [-0.25, -0.2) is 0 Å². The second kappa shape index (κ2) is 5.47. The van der Waals surface area contributed by atoms with Crippen LogP contribution < -0.4 is 5.32 Å². The first-order chi connectivity index (χ1) is 7.02. The van der Waals surface area contributed by atoms with E-state index in [0.717, 1.165) is 13.0 Å². The van der Waals surface area contributed by atoms with E-state index in [1.165, 1.54) is 0 Å². The zero-order valence-corrected chi connectivity index (χ0v) is 9.84. The fourth-order valence-corrected chi connectivity index (χ4v) is 1.55. The number of hydrogen-bond donors (Lipinski definition) is 1. The number of ether oxygens (including phenoxy) is 2. The van der Waals surface area contributed by atoms with Gasteiger partial charge in [-0.05, 0) is 27.2 Å². The van der Waals surface area contributed by atoms with E-state index in [4.69, 9.17) is 9.47 Å². The SMILES string of the molecule is CC(C)OCCC(=O)NC1(C)CCOC1. The molecule has 1 rings (SSSR count). The molecule has 15 heavy (non-hydrogen) atoms. The zero-order chi connectivity index (χ0) is 11.3. The van der Waals surface area contributed by atoms with Crippen LogP contribution in [-0.4, -0.2) is 37.4 Å². The summed E-state index contributed by atoms with van der Waals surface area (Å²) in [5, 5.41) is 2.99. The number of carbonyl (C=O) groups is 1. The summed E-state index contributed by atoms with van der Waals surface area (Å²) in [5.41, 5.74) is -0.172. The van der Waals surface area contributed by atoms with Crippen molar-refractivity contribution in [1.82, 2.24) is 5.32 Å². The standard InChI is InChI=1S/C11H21NO3/c1-9(2)15-6-4-10(13)12-11(3)5-7-14-8-11/h9H,4-8H2,1-3H3,(H,12,13). The summed E-state index contributed by atoms with van der Waals surface area (Å²) < 4.78 is 10.6. The van der Waals surface area contributed by atoms with Gasteiger partial charge >= 0.3 is 0 Å². The number of nitrogens with one attached hydrogen (secondary N) is 1. The predicted octanol–water partition coefficient (Wildman–Crippen LogP) is 1.10. The van der Waals surface area contributed by atoms with Crippen LogP contribution in [0.15, 0.2) is 0 Å². The molecule has 0 radical (unpaired) electrons. The van der Waals surface area contributed by atoms with Crippen LogP contribution in [-0.2, 0) is 14.3 Å². The van der Waals surface area contributed by atoms with Crippen LogP contribution in [0.5, 0.6) is 0 Å². The van der Waals surface area contributed by atoms with E-state index < -0.39 is 0 Å². The van der Waals surface area contributed by atoms with Gasteiger partial charge in [0.15, 0.2) is 0 Å². The van der Waals surface area contributed by atoms with Crippen molar-refractivity contribution in [2.24, 2.45) is 0 Å². The Bertz CT molecular complexity index is 210. The molecule has 1 saturated heterocycles. The van der Waals surface area contributed by atoms with Crippen LogP contribution in [0.2, 0.25) is 0 Å². The second-order valence-electron chi connectivity index (χ2n) is 4.58. The van der Waals surface area contributed by atoms with Crippen molar-refractivity contribution in [3.8, 4) is 0 Å². The molecule has 0 aromatic heterocycles. The molecule has 1 amide bonds. The zero-order valence-electron chi connectivity index (χ0n) is 9.84. The van der Waals surface area contributed by atoms with Crippen LogP contribution in [0.1, 0.15) is 33.6 Å². The van der Waals surface area contributed by atoms with Crippen LogP contribution in [0.3, 0.4) is 0 Å². The molecule has 0 bridgehead atoms. The number of hydrogen-bond acceptors (Lipinski definition) is 3. The maximum atomic E-state index is 11.5. The third kappa shape index (κ3) is 4.62. The lowest BCUT2D eigenvalue weighted by Gasteiger charge is -2.23. The molecule has 1 fully saturated rings. The minimum atomic E-state index is -0.172. The molecule has 4 nitrogen and oxygen atoms in total. The summed E-state index contributed by atoms with van der Waals surface area (Å²) in [6.45, 7) is 7.78. The van der Waals surface area contributed by atoms with E-state index in [9.17, 15) is 4.79 Å². The van der Waals surface area contributed by atoms with Crippen LogP contribution in [0.4, 0.5) is 0 Å². The van der Waals surface area contributed by atoms with Crippen molar-refractivity contribution in [2.45, 2.75) is 45.3 Å². The first-order valence-electron chi connectivity index (χ1n) is 5.52. The van der Waals surface area contributed by atoms with Gasteiger partial charge in [0.1, 0.15) is 0 Å². The van der Waals surface area contributed by atoms with Gasteiger partial charge in [-0.1, -0.05) is 0 Å². The third-order valence-corrected chi connectivity index (χ3v) is 2.44. The lowest BCUT2D eigenvalue weighted by Crippen LogP contribution is -2.46. The summed E-state index contributed by atoms with van der Waals surface area (Å²) in [6, 6.07) is 0. The van der Waals surface area contributed by atoms with Gasteiger partial charge < -0.3 is 14.8 Å². The molecule has 4 heteroatoms. The predicted molar refractivity (Wildman–Crippen MR) is 57.7 cm³/mol. The second-order valence-corrected chi connectivity index (χ2v) is 4.58. The molecular weight excluding hydrogens is 194 g/mol. The lowest BCUT2D eigenvalue weighted by atomic mass is 10.0. The Hall–Kier alpha value is -0.610. The normalized spacial score (nSPS) is 25.9. The monoisotopic (exact) mass is 215 g/mol. The van der Waals surface area contributed by atoms with Gasteiger partial charge in [-0.3, -0.25) is 4.79 Å². The number of amides is 1. The molecule has 0 saturated carbocycles. The summed E-state index contributed by atoms with van der Waals surface area (Å²) in [7, 11) is 0. The topological polar surface area (TPSA) is 47.6 Å². The van der Waals surface area contributed by atoms with Gasteiger partial charge in [0.2, 0.25) is 5.91 Å². The number of carbonyl (C=O) groups excluding carboxylic acids is 1. The molecule has 88 valence electrons. The molecule has 1 atom stereocenters. The Morgan fingerprint density at radius 3 is 2.87 bits per heavy atom. The average Bonchev–Trinajstić information content (AvgIpc) is 2.50. The number of rotatable bonds is 5. The minimum Gasteiger partial charge on any atom is -0.379 e. The van der Waals surface area contributed by atoms with Gasteiger partial charge in [0.05, 0.1) is 24.9 Å². The van der Waals surface area contributed by atoms with Crippen LogP contribution in [0.25, 0.3) is 0 Å². The van der Waals surface area contributed by atoms with Crippen molar-refractivity contribution in [1.29, 1.82) is 0 Å². The highest BCUT2D eigenvalue weighted by atomic mass is 16.5. The molecule has 0 aromatic carbocycles. The van der Waals surface area contributed by atoms with E-state index in [1.807, 2.05) is 20.8 Å². The van der Waals surface area contributed by atoms with Gasteiger partial charge in [-0.2, -0.15) is 0 Å². The highest BCUT2D eigenvalue weighted by Crippen LogP contribution is 2.17. The average molecular weight is 215 g/mol. The van der Waals surface area contributed by atoms with Crippen molar-refractivity contribution < 1.29 is 14.3 Å². The van der Waals surface area contributed by atoms with Crippen molar-refractivity contribution in [2.75, 3.05) is 19.8 Å². The maximum absolute atomic E-state index is 11.5. The Morgan fingerprint density at radius 2 is 2.33 bits per heavy atom. The van der Waals surface area contributed by atoms with E-state index >= 15 is 0 Å². The van der Waals surface area contributed by atoms with Crippen LogP contribution >= 0.6 is 0 Å². The molecule has 1 aliphatic rings. The third-order valence-electron chi connectivity index (χ3n) is 2.44. The fraction of sp³-hybridized carbons (Fsp3) is 0.909. The fourth-order valence-electron chi connectivity index (χ4n) is 1.55. The molecule has 0 aliphatic carbocycles. The largest absolute Gasteiger partial charge is 0.379 e. The Labute approximate surface area is 91.3 Å². The highest BCUT2D eigenvalue weighted by Gasteiger charge is 2.30. The van der Waals surface area contributed by atoms with Crippen molar-refractivity contribution in [3.05, 3.63) is 0 Å². The molecule has 1 unspecified atom stereocenters. The molecule has 0 aromatic rings. The quantitative estimate of drug-likeness (QED) is 0.747. The Kier molecular flexibility index (Phi) is 4.54. The Morgan fingerprint density at radius 1 is 1.60 bits per heavy atom. The minimum absolute atomic E-state index is 0.0450. The molecular formula is C11H21NO3. The van der Waals surface area contributed by atoms with Crippen molar-refractivity contribution in [3.63, 3.8) is 0 Å². The summed E-state index contributed by atoms with van der Waals surface area (Å²) in [5.74, 6) is 0.0450. The van der Waals surface area contributed by atoms with E-state index in [1.54, 1.807) is 0 Å². The summed E-state index contributed by atoms with van der Waals surface area (Å²) in [6.07, 6.45) is 1.50. The van der Waals surface area contributed by atoms with Crippen LogP contribution in [0, 0.1) is 0 Å². The van der Waals surface area contributed by atoms with Gasteiger partial charge in [-0.15, -0.1) is 0 Å². The van der Waals surface area contributed by atoms with E-state index in [0.29, 0.717) is 19.6 Å². The molecule has 0 spiro atoms. The Balaban J connectivity index is 2.18. The molecule has 1 N–H and O–H groups in total. The lowest BCUT2D eigenvalue weighted by molar-refractivity contribution is -0.124. The van der Waals surface area contributed by atoms with E-state index in [-0.39, 0.29) is 17.6 Å². The van der Waals surface area contributed by atoms with Gasteiger partial charge in [0, 0.05) is 13.0 Å². The van der Waals surface area contributed by atoms with E-state index in [2.05, 4.69) is 5.32 Å². The molecule has 1 aliphatic heterocycles. The first kappa shape index (κ1) is 12.5. The first-order valence-corrected chi connectivity index (χ1v) is 5.52. The molecule has 1 heterocycles. The van der Waals surface area contributed by atoms with Crippen molar-refractivity contribution >= 4 is 5.91 Å².